The van der Waals surface area contributed by atoms with E-state index in [0.717, 1.165) is 6.07 Å². The number of alkyl carbamates (subject to hydrolysis) is 1. The Labute approximate surface area is 207 Å². The van der Waals surface area contributed by atoms with Crippen LogP contribution in [0.1, 0.15) is 53.5 Å². The number of H-pyrrole nitrogens is 1. The minimum atomic E-state index is -4.69. The van der Waals surface area contributed by atoms with Gasteiger partial charge in [0, 0.05) is 11.8 Å². The third-order valence-electron chi connectivity index (χ3n) is 5.21. The molecule has 0 aliphatic heterocycles. The second kappa shape index (κ2) is 9.87. The van der Waals surface area contributed by atoms with Crippen molar-refractivity contribution >= 4 is 23.2 Å². The molecule has 0 fully saturated rings. The number of imidazole rings is 1. The molecule has 0 aliphatic carbocycles. The van der Waals surface area contributed by atoms with E-state index >= 15 is 0 Å². The number of nitrogen functional groups attached to an aromatic ring is 1. The lowest BCUT2D eigenvalue weighted by molar-refractivity contribution is -0.139. The maximum absolute atomic E-state index is 14.1. The van der Waals surface area contributed by atoms with Crippen molar-refractivity contribution in [3.05, 3.63) is 36.0 Å². The maximum atomic E-state index is 14.1. The number of anilines is 1. The molecule has 0 saturated heterocycles. The second-order valence-electron chi connectivity index (χ2n) is 10.5. The Bertz CT molecular complexity index is 1230. The Kier molecular flexibility index (Phi) is 7.42. The van der Waals surface area contributed by atoms with Crippen LogP contribution in [-0.4, -0.2) is 38.8 Å². The fourth-order valence-electron chi connectivity index (χ4n) is 4.04. The van der Waals surface area contributed by atoms with Crippen LogP contribution in [0.4, 0.5) is 23.9 Å². The summed E-state index contributed by atoms with van der Waals surface area (Å²) in [6, 6.07) is 5.37. The number of fused-ring (bicyclic) bond motifs is 1. The fourth-order valence-corrected chi connectivity index (χ4v) is 4.04. The molecule has 0 saturated carbocycles. The quantitative estimate of drug-likeness (QED) is 0.365. The first-order valence-corrected chi connectivity index (χ1v) is 11.5. The number of ether oxygens (including phenoxy) is 2. The summed E-state index contributed by atoms with van der Waals surface area (Å²) in [6.07, 6.45) is -3.43. The van der Waals surface area contributed by atoms with Crippen molar-refractivity contribution in [2.75, 3.05) is 12.3 Å². The molecule has 8 nitrogen and oxygen atoms in total. The number of aromatic nitrogens is 3. The monoisotopic (exact) mass is 507 g/mol. The van der Waals surface area contributed by atoms with E-state index in [1.54, 1.807) is 33.8 Å². The van der Waals surface area contributed by atoms with Gasteiger partial charge in [-0.3, -0.25) is 0 Å². The lowest BCUT2D eigenvalue weighted by Crippen LogP contribution is -2.52. The van der Waals surface area contributed by atoms with Crippen LogP contribution in [-0.2, 0) is 10.9 Å². The highest BCUT2D eigenvalue weighted by molar-refractivity contribution is 5.91. The minimum absolute atomic E-state index is 0.114. The average molecular weight is 508 g/mol. The van der Waals surface area contributed by atoms with E-state index in [4.69, 9.17) is 15.2 Å². The molecule has 0 radical (unpaired) electrons. The molecule has 1 unspecified atom stereocenters. The number of nitrogens with two attached hydrogens (primary N) is 1. The van der Waals surface area contributed by atoms with E-state index in [1.165, 1.54) is 18.3 Å². The fraction of sp³-hybridized carbons (Fsp3) is 0.480. The number of nitrogens with zero attached hydrogens (tertiary/aromatic N) is 2. The third kappa shape index (κ3) is 6.79. The number of benzene rings is 1. The van der Waals surface area contributed by atoms with E-state index in [0.29, 0.717) is 23.1 Å². The summed E-state index contributed by atoms with van der Waals surface area (Å²) in [7, 11) is 0. The second-order valence-corrected chi connectivity index (χ2v) is 10.5. The number of carbonyl (C=O) groups excluding carboxylic acids is 1. The van der Waals surface area contributed by atoms with E-state index in [9.17, 15) is 18.0 Å². The van der Waals surface area contributed by atoms with E-state index in [-0.39, 0.29) is 29.8 Å². The third-order valence-corrected chi connectivity index (χ3v) is 5.21. The highest BCUT2D eigenvalue weighted by Gasteiger charge is 2.37. The molecule has 1 atom stereocenters. The first kappa shape index (κ1) is 27.1. The summed E-state index contributed by atoms with van der Waals surface area (Å²) in [6.45, 7) is 10.6. The van der Waals surface area contributed by atoms with Crippen LogP contribution >= 0.6 is 0 Å². The van der Waals surface area contributed by atoms with Crippen molar-refractivity contribution in [3.8, 4) is 16.9 Å². The van der Waals surface area contributed by atoms with E-state index < -0.39 is 29.0 Å². The van der Waals surface area contributed by atoms with Gasteiger partial charge in [-0.2, -0.15) is 13.2 Å². The largest absolute Gasteiger partial charge is 0.491 e. The number of halogens is 3. The van der Waals surface area contributed by atoms with Crippen LogP contribution in [0.2, 0.25) is 0 Å². The van der Waals surface area contributed by atoms with Crippen molar-refractivity contribution in [1.29, 1.82) is 0 Å². The van der Waals surface area contributed by atoms with Gasteiger partial charge >= 0.3 is 12.3 Å². The number of hydrogen-bond acceptors (Lipinski definition) is 6. The summed E-state index contributed by atoms with van der Waals surface area (Å²) in [5.74, 6) is -0.102. The summed E-state index contributed by atoms with van der Waals surface area (Å²) in [5.41, 5.74) is 4.52. The number of rotatable bonds is 7. The zero-order valence-corrected chi connectivity index (χ0v) is 21.2. The topological polar surface area (TPSA) is 115 Å². The SMILES string of the molecule is CC(C)CC(C)(COc1ccc(-c2ccnc3[nH]c(N)nc23)cc1C(F)(F)F)NC(=O)OC(C)(C)C. The average Bonchev–Trinajstić information content (AvgIpc) is 3.09. The summed E-state index contributed by atoms with van der Waals surface area (Å²) >= 11 is 0. The molecule has 0 bridgehead atoms. The minimum Gasteiger partial charge on any atom is -0.491 e. The Morgan fingerprint density at radius 1 is 1.17 bits per heavy atom. The number of amides is 1. The lowest BCUT2D eigenvalue weighted by Gasteiger charge is -2.33. The number of pyridine rings is 1. The molecular formula is C25H32F3N5O3. The molecule has 36 heavy (non-hydrogen) atoms. The van der Waals surface area contributed by atoms with Crippen molar-refractivity contribution in [2.45, 2.75) is 65.3 Å². The van der Waals surface area contributed by atoms with Gasteiger partial charge < -0.3 is 25.5 Å². The van der Waals surface area contributed by atoms with Gasteiger partial charge in [0.15, 0.2) is 11.6 Å². The molecule has 1 aromatic carbocycles. The van der Waals surface area contributed by atoms with Crippen LogP contribution in [0.3, 0.4) is 0 Å². The molecule has 3 aromatic rings. The molecule has 196 valence electrons. The summed E-state index contributed by atoms with van der Waals surface area (Å²) in [5, 5.41) is 2.77. The number of hydrogen-bond donors (Lipinski definition) is 3. The molecule has 3 rings (SSSR count). The van der Waals surface area contributed by atoms with Gasteiger partial charge in [-0.05, 0) is 63.8 Å². The van der Waals surface area contributed by atoms with Crippen LogP contribution in [0.15, 0.2) is 30.5 Å². The van der Waals surface area contributed by atoms with Crippen LogP contribution in [0.25, 0.3) is 22.3 Å². The molecular weight excluding hydrogens is 475 g/mol. The number of alkyl halides is 3. The van der Waals surface area contributed by atoms with Crippen LogP contribution in [0.5, 0.6) is 5.75 Å². The van der Waals surface area contributed by atoms with Crippen LogP contribution in [0, 0.1) is 5.92 Å². The Hall–Kier alpha value is -3.50. The zero-order chi connectivity index (χ0) is 26.9. The molecule has 2 aromatic heterocycles. The van der Waals surface area contributed by atoms with Gasteiger partial charge in [0.05, 0.1) is 11.1 Å². The lowest BCUT2D eigenvalue weighted by atomic mass is 9.91. The predicted molar refractivity (Wildman–Crippen MR) is 131 cm³/mol. The highest BCUT2D eigenvalue weighted by Crippen LogP contribution is 2.40. The molecule has 0 aliphatic rings. The molecule has 0 spiro atoms. The number of aromatic amines is 1. The molecule has 2 heterocycles. The smallest absolute Gasteiger partial charge is 0.419 e. The van der Waals surface area contributed by atoms with Gasteiger partial charge in [-0.1, -0.05) is 19.9 Å². The summed E-state index contributed by atoms with van der Waals surface area (Å²) < 4.78 is 53.2. The Morgan fingerprint density at radius 3 is 2.47 bits per heavy atom. The van der Waals surface area contributed by atoms with Crippen molar-refractivity contribution in [1.82, 2.24) is 20.3 Å². The molecule has 11 heteroatoms. The van der Waals surface area contributed by atoms with Gasteiger partial charge in [-0.25, -0.2) is 14.8 Å². The first-order valence-electron chi connectivity index (χ1n) is 11.5. The Morgan fingerprint density at radius 2 is 1.86 bits per heavy atom. The number of carbonyl (C=O) groups is 1. The van der Waals surface area contributed by atoms with Gasteiger partial charge in [0.1, 0.15) is 23.5 Å². The number of nitrogens with one attached hydrogen (secondary N) is 2. The highest BCUT2D eigenvalue weighted by atomic mass is 19.4. The Balaban J connectivity index is 1.92. The zero-order valence-electron chi connectivity index (χ0n) is 21.2. The predicted octanol–water partition coefficient (Wildman–Crippen LogP) is 5.93. The molecule has 1 amide bonds. The van der Waals surface area contributed by atoms with Gasteiger partial charge in [0.2, 0.25) is 0 Å². The summed E-state index contributed by atoms with van der Waals surface area (Å²) in [4.78, 5) is 23.4. The van der Waals surface area contributed by atoms with Crippen molar-refractivity contribution in [2.24, 2.45) is 5.92 Å². The van der Waals surface area contributed by atoms with E-state index in [2.05, 4.69) is 20.3 Å². The van der Waals surface area contributed by atoms with Crippen molar-refractivity contribution in [3.63, 3.8) is 0 Å². The molecule has 4 N–H and O–H groups in total. The van der Waals surface area contributed by atoms with E-state index in [1.807, 2.05) is 13.8 Å². The van der Waals surface area contributed by atoms with Crippen molar-refractivity contribution < 1.29 is 27.4 Å². The first-order chi connectivity index (χ1) is 16.6. The van der Waals surface area contributed by atoms with Crippen LogP contribution < -0.4 is 15.8 Å². The van der Waals surface area contributed by atoms with Gasteiger partial charge in [0.25, 0.3) is 0 Å². The maximum Gasteiger partial charge on any atom is 0.419 e. The normalized spacial score (nSPS) is 14.1. The standard InChI is InChI=1S/C25H32F3N5O3/c1-14(2)12-24(6,33-22(34)36-23(3,4)5)13-35-18-8-7-15(11-17(18)25(26,27)28)16-9-10-30-20-19(16)31-21(29)32-20/h7-11,14H,12-13H2,1-6H3,(H,33,34)(H3,29,30,31,32). The van der Waals surface area contributed by atoms with Gasteiger partial charge in [-0.15, -0.1) is 0 Å².